The van der Waals surface area contributed by atoms with Crippen molar-refractivity contribution in [3.63, 3.8) is 0 Å². The molecule has 1 aromatic heterocycles. The number of para-hydroxylation sites is 1. The molecular weight excluding hydrogens is 248 g/mol. The van der Waals surface area contributed by atoms with Crippen molar-refractivity contribution in [2.24, 2.45) is 24.3 Å². The highest BCUT2D eigenvalue weighted by Gasteiger charge is 2.50. The number of benzene rings is 1. The third-order valence-corrected chi connectivity index (χ3v) is 5.77. The van der Waals surface area contributed by atoms with Crippen LogP contribution in [0.1, 0.15) is 31.4 Å². The van der Waals surface area contributed by atoms with Crippen molar-refractivity contribution in [2.75, 3.05) is 6.61 Å². The number of aliphatic hydroxyl groups is 1. The van der Waals surface area contributed by atoms with Crippen LogP contribution in [0.3, 0.4) is 0 Å². The molecule has 2 saturated carbocycles. The molecule has 0 saturated heterocycles. The molecule has 3 unspecified atom stereocenters. The minimum absolute atomic E-state index is 0.0973. The van der Waals surface area contributed by atoms with Crippen molar-refractivity contribution in [1.82, 2.24) is 9.78 Å². The van der Waals surface area contributed by atoms with Crippen LogP contribution in [0.5, 0.6) is 0 Å². The van der Waals surface area contributed by atoms with Gasteiger partial charge < -0.3 is 5.11 Å². The van der Waals surface area contributed by atoms with E-state index >= 15 is 0 Å². The highest BCUT2D eigenvalue weighted by atomic mass is 16.3. The lowest BCUT2D eigenvalue weighted by atomic mass is 9.70. The lowest BCUT2D eigenvalue weighted by Crippen LogP contribution is -2.34. The first-order chi connectivity index (χ1) is 9.72. The van der Waals surface area contributed by atoms with Crippen molar-refractivity contribution in [3.8, 4) is 0 Å². The number of nitrogens with zero attached hydrogens (tertiary/aromatic N) is 2. The van der Waals surface area contributed by atoms with E-state index in [9.17, 15) is 5.11 Å². The second-order valence-electron chi connectivity index (χ2n) is 6.86. The Bertz CT molecular complexity index is 647. The molecule has 1 aromatic carbocycles. The van der Waals surface area contributed by atoms with Gasteiger partial charge in [0.2, 0.25) is 0 Å². The summed E-state index contributed by atoms with van der Waals surface area (Å²) < 4.78 is 1.98. The fourth-order valence-corrected chi connectivity index (χ4v) is 4.78. The van der Waals surface area contributed by atoms with Gasteiger partial charge in [-0.3, -0.25) is 4.68 Å². The van der Waals surface area contributed by atoms with Crippen LogP contribution >= 0.6 is 0 Å². The predicted molar refractivity (Wildman–Crippen MR) is 79.4 cm³/mol. The van der Waals surface area contributed by atoms with Crippen LogP contribution in [0, 0.1) is 17.3 Å². The quantitative estimate of drug-likeness (QED) is 0.931. The molecule has 3 heteroatoms. The molecule has 20 heavy (non-hydrogen) atoms. The van der Waals surface area contributed by atoms with E-state index in [1.807, 2.05) is 11.7 Å². The van der Waals surface area contributed by atoms with Gasteiger partial charge in [-0.2, -0.15) is 5.10 Å². The second-order valence-corrected chi connectivity index (χ2v) is 6.86. The summed E-state index contributed by atoms with van der Waals surface area (Å²) in [6.07, 6.45) is 6.13. The fourth-order valence-electron chi connectivity index (χ4n) is 4.78. The minimum atomic E-state index is 0.0973. The van der Waals surface area contributed by atoms with Gasteiger partial charge in [-0.1, -0.05) is 24.6 Å². The van der Waals surface area contributed by atoms with Crippen LogP contribution in [0.4, 0.5) is 0 Å². The van der Waals surface area contributed by atoms with Gasteiger partial charge in [0.05, 0.1) is 11.2 Å². The largest absolute Gasteiger partial charge is 0.396 e. The lowest BCUT2D eigenvalue weighted by Gasteiger charge is -2.35. The Morgan fingerprint density at radius 2 is 2.20 bits per heavy atom. The molecule has 1 heterocycles. The average Bonchev–Trinajstić information content (AvgIpc) is 3.14. The first kappa shape index (κ1) is 12.4. The van der Waals surface area contributed by atoms with Crippen LogP contribution in [-0.2, 0) is 13.5 Å². The molecule has 2 aliphatic carbocycles. The monoisotopic (exact) mass is 270 g/mol. The molecule has 4 rings (SSSR count). The van der Waals surface area contributed by atoms with Crippen LogP contribution in [0.25, 0.3) is 10.9 Å². The number of aryl methyl sites for hydroxylation is 1. The smallest absolute Gasteiger partial charge is 0.0709 e. The summed E-state index contributed by atoms with van der Waals surface area (Å²) in [7, 11) is 2.01. The SMILES string of the molecule is Cn1nc(CC2(CO)CC3CCC2C3)c2ccccc21. The van der Waals surface area contributed by atoms with E-state index in [2.05, 4.69) is 24.3 Å². The molecule has 0 amide bonds. The minimum Gasteiger partial charge on any atom is -0.396 e. The van der Waals surface area contributed by atoms with Crippen molar-refractivity contribution in [3.05, 3.63) is 30.0 Å². The summed E-state index contributed by atoms with van der Waals surface area (Å²) in [5, 5.41) is 16.0. The van der Waals surface area contributed by atoms with E-state index in [1.54, 1.807) is 0 Å². The van der Waals surface area contributed by atoms with Gasteiger partial charge in [0, 0.05) is 30.9 Å². The fraction of sp³-hybridized carbons (Fsp3) is 0.588. The van der Waals surface area contributed by atoms with Crippen molar-refractivity contribution < 1.29 is 5.11 Å². The lowest BCUT2D eigenvalue weighted by molar-refractivity contribution is 0.0644. The number of aromatic nitrogens is 2. The molecule has 3 nitrogen and oxygen atoms in total. The molecule has 106 valence electrons. The molecule has 2 aromatic rings. The number of rotatable bonds is 3. The molecule has 0 spiro atoms. The average molecular weight is 270 g/mol. The standard InChI is InChI=1S/C17H22N2O/c1-19-16-5-3-2-4-14(16)15(18-19)10-17(11-20)9-12-6-7-13(17)8-12/h2-5,12-13,20H,6-11H2,1H3. The molecule has 2 aliphatic rings. The zero-order valence-corrected chi connectivity index (χ0v) is 12.0. The van der Waals surface area contributed by atoms with E-state index < -0.39 is 0 Å². The summed E-state index contributed by atoms with van der Waals surface area (Å²) in [5.74, 6) is 1.56. The molecule has 0 radical (unpaired) electrons. The summed E-state index contributed by atoms with van der Waals surface area (Å²) in [6.45, 7) is 0.319. The summed E-state index contributed by atoms with van der Waals surface area (Å²) in [6, 6.07) is 8.43. The van der Waals surface area contributed by atoms with Crippen molar-refractivity contribution in [2.45, 2.75) is 32.1 Å². The molecule has 1 N–H and O–H groups in total. The predicted octanol–water partition coefficient (Wildman–Crippen LogP) is 2.91. The molecule has 3 atom stereocenters. The van der Waals surface area contributed by atoms with Crippen LogP contribution in [0.2, 0.25) is 0 Å². The van der Waals surface area contributed by atoms with Gasteiger partial charge in [-0.15, -0.1) is 0 Å². The van der Waals surface area contributed by atoms with Gasteiger partial charge in [0.25, 0.3) is 0 Å². The number of aliphatic hydroxyl groups excluding tert-OH is 1. The Hall–Kier alpha value is -1.35. The zero-order chi connectivity index (χ0) is 13.7. The van der Waals surface area contributed by atoms with Gasteiger partial charge in [-0.25, -0.2) is 0 Å². The van der Waals surface area contributed by atoms with Crippen molar-refractivity contribution >= 4 is 10.9 Å². The topological polar surface area (TPSA) is 38.0 Å². The third kappa shape index (κ3) is 1.65. The first-order valence-electron chi connectivity index (χ1n) is 7.73. The van der Waals surface area contributed by atoms with Crippen LogP contribution in [0.15, 0.2) is 24.3 Å². The number of fused-ring (bicyclic) bond motifs is 3. The summed E-state index contributed by atoms with van der Waals surface area (Å²) in [5.41, 5.74) is 2.46. The number of hydrogen-bond acceptors (Lipinski definition) is 2. The van der Waals surface area contributed by atoms with Gasteiger partial charge in [-0.05, 0) is 37.2 Å². The van der Waals surface area contributed by atoms with E-state index in [4.69, 9.17) is 5.10 Å². The highest BCUT2D eigenvalue weighted by molar-refractivity contribution is 5.81. The Labute approximate surface area is 119 Å². The van der Waals surface area contributed by atoms with Gasteiger partial charge >= 0.3 is 0 Å². The Morgan fingerprint density at radius 3 is 2.90 bits per heavy atom. The van der Waals surface area contributed by atoms with Crippen molar-refractivity contribution in [1.29, 1.82) is 0 Å². The van der Waals surface area contributed by atoms with Crippen LogP contribution < -0.4 is 0 Å². The summed E-state index contributed by atoms with van der Waals surface area (Å²) >= 11 is 0. The Morgan fingerprint density at radius 1 is 1.35 bits per heavy atom. The van der Waals surface area contributed by atoms with E-state index in [0.717, 1.165) is 12.3 Å². The maximum Gasteiger partial charge on any atom is 0.0709 e. The molecule has 2 fully saturated rings. The second kappa shape index (κ2) is 4.32. The molecule has 2 bridgehead atoms. The maximum absolute atomic E-state index is 10.0. The number of hydrogen-bond donors (Lipinski definition) is 1. The maximum atomic E-state index is 10.0. The van der Waals surface area contributed by atoms with E-state index in [1.165, 1.54) is 42.3 Å². The van der Waals surface area contributed by atoms with E-state index in [-0.39, 0.29) is 5.41 Å². The Balaban J connectivity index is 1.74. The molecular formula is C17H22N2O. The zero-order valence-electron chi connectivity index (χ0n) is 12.0. The first-order valence-corrected chi connectivity index (χ1v) is 7.73. The van der Waals surface area contributed by atoms with E-state index in [0.29, 0.717) is 12.5 Å². The summed E-state index contributed by atoms with van der Waals surface area (Å²) in [4.78, 5) is 0. The highest BCUT2D eigenvalue weighted by Crippen LogP contribution is 2.57. The van der Waals surface area contributed by atoms with Crippen LogP contribution in [-0.4, -0.2) is 21.5 Å². The van der Waals surface area contributed by atoms with Gasteiger partial charge in [0.1, 0.15) is 0 Å². The third-order valence-electron chi connectivity index (χ3n) is 5.77. The normalized spacial score (nSPS) is 32.3. The molecule has 0 aliphatic heterocycles. The Kier molecular flexibility index (Phi) is 2.68. The van der Waals surface area contributed by atoms with Gasteiger partial charge in [0.15, 0.2) is 0 Å².